The Labute approximate surface area is 181 Å². The smallest absolute Gasteiger partial charge is 0.264 e. The fourth-order valence-electron chi connectivity index (χ4n) is 3.30. The van der Waals surface area contributed by atoms with Gasteiger partial charge in [0.15, 0.2) is 0 Å². The van der Waals surface area contributed by atoms with E-state index in [0.717, 1.165) is 0 Å². The number of sulfonamides is 2. The Morgan fingerprint density at radius 2 is 1.45 bits per heavy atom. The molecule has 10 heteroatoms. The summed E-state index contributed by atoms with van der Waals surface area (Å²) in [5, 5.41) is 0. The first kappa shape index (κ1) is 21.6. The van der Waals surface area contributed by atoms with Crippen LogP contribution in [0.5, 0.6) is 0 Å². The Bertz CT molecular complexity index is 1200. The maximum atomic E-state index is 13.4. The highest BCUT2D eigenvalue weighted by Crippen LogP contribution is 2.27. The van der Waals surface area contributed by atoms with Gasteiger partial charge in [0.1, 0.15) is 5.76 Å². The van der Waals surface area contributed by atoms with Crippen LogP contribution < -0.4 is 4.31 Å². The summed E-state index contributed by atoms with van der Waals surface area (Å²) in [4.78, 5) is 0.0366. The molecule has 0 N–H and O–H groups in total. The zero-order chi connectivity index (χ0) is 21.9. The van der Waals surface area contributed by atoms with Crippen LogP contribution in [0.3, 0.4) is 0 Å². The molecule has 3 aromatic rings. The third-order valence-corrected chi connectivity index (χ3v) is 8.64. The van der Waals surface area contributed by atoms with E-state index in [1.54, 1.807) is 42.5 Å². The van der Waals surface area contributed by atoms with E-state index in [2.05, 4.69) is 0 Å². The van der Waals surface area contributed by atoms with Crippen molar-refractivity contribution in [3.8, 4) is 0 Å². The summed E-state index contributed by atoms with van der Waals surface area (Å²) in [7, 11) is -7.68. The Morgan fingerprint density at radius 1 is 0.806 bits per heavy atom. The molecule has 0 saturated carbocycles. The molecular formula is C21H22N2O6S2. The molecule has 2 heterocycles. The van der Waals surface area contributed by atoms with Gasteiger partial charge in [-0.2, -0.15) is 4.31 Å². The molecule has 0 spiro atoms. The molecular weight excluding hydrogens is 440 g/mol. The van der Waals surface area contributed by atoms with E-state index in [-0.39, 0.29) is 29.4 Å². The van der Waals surface area contributed by atoms with E-state index in [4.69, 9.17) is 9.15 Å². The van der Waals surface area contributed by atoms with Gasteiger partial charge in [-0.1, -0.05) is 18.2 Å². The third kappa shape index (κ3) is 4.52. The van der Waals surface area contributed by atoms with E-state index in [1.807, 2.05) is 0 Å². The first-order valence-electron chi connectivity index (χ1n) is 9.67. The van der Waals surface area contributed by atoms with Gasteiger partial charge in [0.05, 0.1) is 41.5 Å². The molecule has 1 saturated heterocycles. The predicted molar refractivity (Wildman–Crippen MR) is 115 cm³/mol. The lowest BCUT2D eigenvalue weighted by molar-refractivity contribution is 0.0730. The maximum Gasteiger partial charge on any atom is 0.264 e. The number of hydrogen-bond donors (Lipinski definition) is 0. The second-order valence-electron chi connectivity index (χ2n) is 6.91. The van der Waals surface area contributed by atoms with Gasteiger partial charge in [-0.25, -0.2) is 16.8 Å². The summed E-state index contributed by atoms with van der Waals surface area (Å²) in [5.74, 6) is 0.485. The Balaban J connectivity index is 1.66. The molecule has 31 heavy (non-hydrogen) atoms. The van der Waals surface area contributed by atoms with Gasteiger partial charge in [-0.05, 0) is 48.5 Å². The molecule has 1 aromatic heterocycles. The summed E-state index contributed by atoms with van der Waals surface area (Å²) in [6, 6.07) is 17.4. The summed E-state index contributed by atoms with van der Waals surface area (Å²) in [6.07, 6.45) is 1.48. The largest absolute Gasteiger partial charge is 0.467 e. The number of rotatable bonds is 7. The molecule has 1 aliphatic rings. The molecule has 0 unspecified atom stereocenters. The van der Waals surface area contributed by atoms with Crippen molar-refractivity contribution in [2.75, 3.05) is 30.6 Å². The van der Waals surface area contributed by atoms with Crippen LogP contribution in [0.2, 0.25) is 0 Å². The minimum Gasteiger partial charge on any atom is -0.467 e. The molecule has 1 aliphatic heterocycles. The van der Waals surface area contributed by atoms with Gasteiger partial charge < -0.3 is 9.15 Å². The molecule has 0 radical (unpaired) electrons. The van der Waals surface area contributed by atoms with Crippen LogP contribution in [-0.2, 0) is 31.3 Å². The normalized spacial score (nSPS) is 15.6. The standard InChI is InChI=1S/C21H22N2O6S2/c24-30(25,22-12-15-28-16-13-22)20-8-10-21(11-9-20)31(26,27)23(17-19-7-4-14-29-19)18-5-2-1-3-6-18/h1-11,14H,12-13,15-17H2. The van der Waals surface area contributed by atoms with Gasteiger partial charge in [-0.3, -0.25) is 4.31 Å². The molecule has 8 nitrogen and oxygen atoms in total. The van der Waals surface area contributed by atoms with Crippen LogP contribution in [0.25, 0.3) is 0 Å². The monoisotopic (exact) mass is 462 g/mol. The van der Waals surface area contributed by atoms with Crippen molar-refractivity contribution in [1.82, 2.24) is 4.31 Å². The van der Waals surface area contributed by atoms with Crippen LogP contribution in [-0.4, -0.2) is 47.4 Å². The topological polar surface area (TPSA) is 97.1 Å². The number of nitrogens with zero attached hydrogens (tertiary/aromatic N) is 2. The SMILES string of the molecule is O=S(=O)(c1ccc(S(=O)(=O)N(Cc2ccco2)c2ccccc2)cc1)N1CCOCC1. The van der Waals surface area contributed by atoms with E-state index in [9.17, 15) is 16.8 Å². The number of hydrogen-bond acceptors (Lipinski definition) is 6. The first-order valence-corrected chi connectivity index (χ1v) is 12.6. The maximum absolute atomic E-state index is 13.4. The Hall–Kier alpha value is -2.66. The van der Waals surface area contributed by atoms with Crippen LogP contribution >= 0.6 is 0 Å². The molecule has 2 aromatic carbocycles. The Kier molecular flexibility index (Phi) is 6.15. The zero-order valence-corrected chi connectivity index (χ0v) is 18.3. The molecule has 0 aliphatic carbocycles. The third-order valence-electron chi connectivity index (χ3n) is 4.94. The van der Waals surface area contributed by atoms with Crippen LogP contribution in [0.15, 0.2) is 87.2 Å². The highest BCUT2D eigenvalue weighted by molar-refractivity contribution is 7.92. The lowest BCUT2D eigenvalue weighted by Gasteiger charge is -2.26. The van der Waals surface area contributed by atoms with E-state index in [1.165, 1.54) is 39.1 Å². The average molecular weight is 463 g/mol. The van der Waals surface area contributed by atoms with Crippen molar-refractivity contribution in [3.05, 3.63) is 78.8 Å². The van der Waals surface area contributed by atoms with Crippen molar-refractivity contribution in [2.45, 2.75) is 16.3 Å². The fraction of sp³-hybridized carbons (Fsp3) is 0.238. The lowest BCUT2D eigenvalue weighted by atomic mass is 10.3. The molecule has 164 valence electrons. The van der Waals surface area contributed by atoms with Gasteiger partial charge in [0.25, 0.3) is 10.0 Å². The molecule has 1 fully saturated rings. The van der Waals surface area contributed by atoms with Crippen molar-refractivity contribution in [2.24, 2.45) is 0 Å². The zero-order valence-electron chi connectivity index (χ0n) is 16.6. The highest BCUT2D eigenvalue weighted by Gasteiger charge is 2.29. The summed E-state index contributed by atoms with van der Waals surface area (Å²) < 4.78 is 65.6. The van der Waals surface area contributed by atoms with Crippen molar-refractivity contribution < 1.29 is 26.0 Å². The number of benzene rings is 2. The van der Waals surface area contributed by atoms with Gasteiger partial charge in [-0.15, -0.1) is 0 Å². The first-order chi connectivity index (χ1) is 14.9. The van der Waals surface area contributed by atoms with Gasteiger partial charge >= 0.3 is 0 Å². The van der Waals surface area contributed by atoms with E-state index >= 15 is 0 Å². The second kappa shape index (κ2) is 8.83. The summed E-state index contributed by atoms with van der Waals surface area (Å²) in [5.41, 5.74) is 0.476. The van der Waals surface area contributed by atoms with Crippen LogP contribution in [0, 0.1) is 0 Å². The van der Waals surface area contributed by atoms with E-state index < -0.39 is 20.0 Å². The molecule has 4 rings (SSSR count). The van der Waals surface area contributed by atoms with Crippen molar-refractivity contribution >= 4 is 25.7 Å². The number of anilines is 1. The van der Waals surface area contributed by atoms with Crippen molar-refractivity contribution in [3.63, 3.8) is 0 Å². The minimum atomic E-state index is -3.97. The van der Waals surface area contributed by atoms with E-state index in [0.29, 0.717) is 24.7 Å². The number of furan rings is 1. The number of morpholine rings is 1. The summed E-state index contributed by atoms with van der Waals surface area (Å²) >= 11 is 0. The highest BCUT2D eigenvalue weighted by atomic mass is 32.2. The molecule has 0 bridgehead atoms. The van der Waals surface area contributed by atoms with Gasteiger partial charge in [0.2, 0.25) is 10.0 Å². The minimum absolute atomic E-state index is 0.00712. The van der Waals surface area contributed by atoms with Gasteiger partial charge in [0, 0.05) is 13.1 Å². The second-order valence-corrected chi connectivity index (χ2v) is 10.7. The number of para-hydroxylation sites is 1. The Morgan fingerprint density at radius 3 is 2.06 bits per heavy atom. The molecule has 0 amide bonds. The van der Waals surface area contributed by atoms with Crippen LogP contribution in [0.1, 0.15) is 5.76 Å². The van der Waals surface area contributed by atoms with Crippen LogP contribution in [0.4, 0.5) is 5.69 Å². The molecule has 0 atom stereocenters. The lowest BCUT2D eigenvalue weighted by Crippen LogP contribution is -2.40. The average Bonchev–Trinajstić information content (AvgIpc) is 3.32. The predicted octanol–water partition coefficient (Wildman–Crippen LogP) is 2.70. The number of ether oxygens (including phenoxy) is 1. The summed E-state index contributed by atoms with van der Waals surface area (Å²) in [6.45, 7) is 1.23. The van der Waals surface area contributed by atoms with Crippen molar-refractivity contribution in [1.29, 1.82) is 0 Å². The fourth-order valence-corrected chi connectivity index (χ4v) is 6.14. The quantitative estimate of drug-likeness (QED) is 0.536.